The maximum atomic E-state index is 13.9. The van der Waals surface area contributed by atoms with Crippen LogP contribution < -0.4 is 10.1 Å². The van der Waals surface area contributed by atoms with Crippen LogP contribution in [-0.4, -0.2) is 33.9 Å². The Morgan fingerprint density at radius 1 is 1.16 bits per heavy atom. The van der Waals surface area contributed by atoms with Crippen LogP contribution in [0.15, 0.2) is 48.8 Å². The zero-order chi connectivity index (χ0) is 22.7. The van der Waals surface area contributed by atoms with Gasteiger partial charge in [0.2, 0.25) is 0 Å². The normalized spacial score (nSPS) is 19.4. The maximum Gasteiger partial charge on any atom is 0.158 e. The average molecular weight is 438 g/mol. The smallest absolute Gasteiger partial charge is 0.158 e. The average Bonchev–Trinajstić information content (AvgIpc) is 3.51. The number of halogens is 2. The van der Waals surface area contributed by atoms with Crippen LogP contribution >= 0.6 is 0 Å². The lowest BCUT2D eigenvalue weighted by Gasteiger charge is -2.19. The Morgan fingerprint density at radius 2 is 2.00 bits per heavy atom. The highest BCUT2D eigenvalue weighted by Crippen LogP contribution is 2.57. The molecule has 0 bridgehead atoms. The molecule has 2 atom stereocenters. The van der Waals surface area contributed by atoms with E-state index in [9.17, 15) is 13.6 Å². The summed E-state index contributed by atoms with van der Waals surface area (Å²) in [4.78, 5) is 25.3. The van der Waals surface area contributed by atoms with Gasteiger partial charge in [0, 0.05) is 11.3 Å². The first-order valence-corrected chi connectivity index (χ1v) is 10.4. The molecule has 1 aliphatic rings. The van der Waals surface area contributed by atoms with Crippen LogP contribution in [0.5, 0.6) is 5.75 Å². The Kier molecular flexibility index (Phi) is 6.12. The number of nitrogens with zero attached hydrogens (tertiary/aromatic N) is 3. The fourth-order valence-electron chi connectivity index (χ4n) is 4.10. The number of Topliss-reactive ketones (excluding diaryl/α,β-unsaturated/α-hetero) is 1. The van der Waals surface area contributed by atoms with Gasteiger partial charge in [-0.05, 0) is 56.5 Å². The fraction of sp³-hybridized carbons (Fsp3) is 0.333. The van der Waals surface area contributed by atoms with E-state index >= 15 is 0 Å². The van der Waals surface area contributed by atoms with E-state index < -0.39 is 11.2 Å². The number of benzene rings is 1. The molecule has 1 saturated carbocycles. The minimum Gasteiger partial charge on any atom is -0.490 e. The van der Waals surface area contributed by atoms with Crippen LogP contribution in [-0.2, 0) is 10.2 Å². The Balaban J connectivity index is 1.45. The van der Waals surface area contributed by atoms with Crippen molar-refractivity contribution in [1.29, 1.82) is 0 Å². The quantitative estimate of drug-likeness (QED) is 0.540. The molecule has 2 heterocycles. The van der Waals surface area contributed by atoms with Gasteiger partial charge >= 0.3 is 0 Å². The lowest BCUT2D eigenvalue weighted by Crippen LogP contribution is -2.23. The highest BCUT2D eigenvalue weighted by molar-refractivity contribution is 5.89. The zero-order valence-electron chi connectivity index (χ0n) is 17.9. The number of carbonyl (C=O) groups is 1. The summed E-state index contributed by atoms with van der Waals surface area (Å²) in [5.74, 6) is 0.641. The van der Waals surface area contributed by atoms with Crippen molar-refractivity contribution in [2.24, 2.45) is 5.92 Å². The molecule has 0 aliphatic heterocycles. The van der Waals surface area contributed by atoms with Crippen LogP contribution in [0, 0.1) is 31.4 Å². The van der Waals surface area contributed by atoms with Gasteiger partial charge < -0.3 is 10.1 Å². The van der Waals surface area contributed by atoms with E-state index in [1.54, 1.807) is 12.3 Å². The first-order chi connectivity index (χ1) is 15.4. The molecule has 6 nitrogen and oxygen atoms in total. The molecule has 4 rings (SSSR count). The molecular weight excluding hydrogens is 414 g/mol. The molecule has 32 heavy (non-hydrogen) atoms. The van der Waals surface area contributed by atoms with Crippen LogP contribution in [0.25, 0.3) is 0 Å². The fourth-order valence-corrected chi connectivity index (χ4v) is 4.10. The number of aryl methyl sites for hydroxylation is 2. The summed E-state index contributed by atoms with van der Waals surface area (Å²) >= 11 is 0. The lowest BCUT2D eigenvalue weighted by molar-refractivity contribution is -0.119. The van der Waals surface area contributed by atoms with Crippen molar-refractivity contribution in [3.05, 3.63) is 77.5 Å². The molecule has 0 radical (unpaired) electrons. The van der Waals surface area contributed by atoms with Gasteiger partial charge in [0.05, 0.1) is 31.2 Å². The molecule has 8 heteroatoms. The molecule has 0 spiro atoms. The number of hydrogen-bond acceptors (Lipinski definition) is 6. The summed E-state index contributed by atoms with van der Waals surface area (Å²) in [5.41, 5.74) is 1.05. The van der Waals surface area contributed by atoms with Crippen LogP contribution in [0.3, 0.4) is 0 Å². The van der Waals surface area contributed by atoms with Gasteiger partial charge in [0.15, 0.2) is 11.5 Å². The molecule has 1 fully saturated rings. The second kappa shape index (κ2) is 8.98. The van der Waals surface area contributed by atoms with Gasteiger partial charge in [-0.15, -0.1) is 0 Å². The van der Waals surface area contributed by atoms with E-state index in [0.717, 1.165) is 17.5 Å². The molecule has 0 saturated heterocycles. The predicted octanol–water partition coefficient (Wildman–Crippen LogP) is 4.17. The van der Waals surface area contributed by atoms with Crippen LogP contribution in [0.1, 0.15) is 29.9 Å². The molecule has 0 unspecified atom stereocenters. The first-order valence-electron chi connectivity index (χ1n) is 10.4. The summed E-state index contributed by atoms with van der Waals surface area (Å²) in [6.07, 6.45) is 3.90. The monoisotopic (exact) mass is 438 g/mol. The van der Waals surface area contributed by atoms with Gasteiger partial charge in [-0.3, -0.25) is 4.79 Å². The lowest BCUT2D eigenvalue weighted by atomic mass is 9.88. The topological polar surface area (TPSA) is 77.0 Å². The van der Waals surface area contributed by atoms with Crippen molar-refractivity contribution in [2.75, 3.05) is 18.5 Å². The third-order valence-corrected chi connectivity index (χ3v) is 5.90. The number of ether oxygens (including phenoxy) is 1. The third-order valence-electron chi connectivity index (χ3n) is 5.90. The van der Waals surface area contributed by atoms with E-state index in [1.165, 1.54) is 24.3 Å². The number of aromatic nitrogens is 3. The summed E-state index contributed by atoms with van der Waals surface area (Å²) in [5, 5.41) is 2.94. The Morgan fingerprint density at radius 3 is 2.72 bits per heavy atom. The Hall–Kier alpha value is -3.42. The first kappa shape index (κ1) is 21.8. The summed E-state index contributed by atoms with van der Waals surface area (Å²) in [6.45, 7) is 4.07. The molecule has 2 aromatic heterocycles. The second-order valence-electron chi connectivity index (χ2n) is 8.07. The number of anilines is 1. The largest absolute Gasteiger partial charge is 0.490 e. The minimum atomic E-state index is -0.490. The number of carbonyl (C=O) groups excluding carboxylic acids is 1. The van der Waals surface area contributed by atoms with Crippen molar-refractivity contribution < 1.29 is 18.3 Å². The van der Waals surface area contributed by atoms with Gasteiger partial charge in [-0.1, -0.05) is 12.1 Å². The van der Waals surface area contributed by atoms with Crippen molar-refractivity contribution in [3.8, 4) is 5.75 Å². The zero-order valence-corrected chi connectivity index (χ0v) is 17.9. The third kappa shape index (κ3) is 4.74. The Labute approximate surface area is 185 Å². The standard InChI is InChI=1S/C24H24F2N4O2/c1-15-22(14-27-16(2)30-15)32-9-8-24(17-4-3-5-18(25)10-17)11-20(24)21(31)13-29-23-7-6-19(26)12-28-23/h3-7,10,12,14,20H,8-9,11,13H2,1-2H3,(H,28,29)/t20-,24-/m0/s1. The number of pyridine rings is 1. The van der Waals surface area contributed by atoms with Gasteiger partial charge in [-0.2, -0.15) is 0 Å². The van der Waals surface area contributed by atoms with Crippen molar-refractivity contribution in [2.45, 2.75) is 32.1 Å². The van der Waals surface area contributed by atoms with Crippen molar-refractivity contribution in [3.63, 3.8) is 0 Å². The highest BCUT2D eigenvalue weighted by atomic mass is 19.1. The predicted molar refractivity (Wildman–Crippen MR) is 115 cm³/mol. The number of hydrogen-bond donors (Lipinski definition) is 1. The molecule has 3 aromatic rings. The number of nitrogens with one attached hydrogen (secondary N) is 1. The van der Waals surface area contributed by atoms with E-state index in [1.807, 2.05) is 19.9 Å². The van der Waals surface area contributed by atoms with Crippen LogP contribution in [0.4, 0.5) is 14.6 Å². The molecule has 1 aliphatic carbocycles. The number of ketones is 1. The van der Waals surface area contributed by atoms with Gasteiger partial charge in [0.25, 0.3) is 0 Å². The number of rotatable bonds is 9. The van der Waals surface area contributed by atoms with Crippen molar-refractivity contribution >= 4 is 11.6 Å². The summed E-state index contributed by atoms with van der Waals surface area (Å²) < 4.78 is 32.9. The second-order valence-corrected chi connectivity index (χ2v) is 8.07. The summed E-state index contributed by atoms with van der Waals surface area (Å²) in [7, 11) is 0. The molecule has 0 amide bonds. The minimum absolute atomic E-state index is 0.00441. The molecular formula is C24H24F2N4O2. The Bertz CT molecular complexity index is 1120. The van der Waals surface area contributed by atoms with Gasteiger partial charge in [0.1, 0.15) is 23.3 Å². The maximum absolute atomic E-state index is 13.9. The summed E-state index contributed by atoms with van der Waals surface area (Å²) in [6, 6.07) is 9.15. The van der Waals surface area contributed by atoms with E-state index in [0.29, 0.717) is 36.8 Å². The molecule has 166 valence electrons. The van der Waals surface area contributed by atoms with Gasteiger partial charge in [-0.25, -0.2) is 23.7 Å². The van der Waals surface area contributed by atoms with Crippen LogP contribution in [0.2, 0.25) is 0 Å². The molecule has 1 aromatic carbocycles. The highest BCUT2D eigenvalue weighted by Gasteiger charge is 2.58. The van der Waals surface area contributed by atoms with E-state index in [2.05, 4.69) is 20.3 Å². The SMILES string of the molecule is Cc1ncc(OCC[C@@]2(c3cccc(F)c3)C[C@H]2C(=O)CNc2ccc(F)cn2)c(C)n1. The molecule has 1 N–H and O–H groups in total. The van der Waals surface area contributed by atoms with Crippen molar-refractivity contribution in [1.82, 2.24) is 15.0 Å². The van der Waals surface area contributed by atoms with E-state index in [4.69, 9.17) is 4.74 Å². The van der Waals surface area contributed by atoms with E-state index in [-0.39, 0.29) is 24.1 Å².